The number of halogens is 1. The van der Waals surface area contributed by atoms with Crippen LogP contribution in [0.1, 0.15) is 19.8 Å². The number of benzene rings is 1. The molecule has 17 heavy (non-hydrogen) atoms. The molecule has 94 valence electrons. The lowest BCUT2D eigenvalue weighted by Crippen LogP contribution is -2.16. The first kappa shape index (κ1) is 13.4. The zero-order valence-electron chi connectivity index (χ0n) is 9.52. The van der Waals surface area contributed by atoms with Gasteiger partial charge in [0.05, 0.1) is 4.92 Å². The molecule has 0 fully saturated rings. The van der Waals surface area contributed by atoms with Crippen LogP contribution in [-0.2, 0) is 0 Å². The molecule has 1 unspecified atom stereocenters. The molecule has 0 amide bonds. The second kappa shape index (κ2) is 6.15. The first-order valence-electron chi connectivity index (χ1n) is 5.36. The summed E-state index contributed by atoms with van der Waals surface area (Å²) in [5.74, 6) is -0.521. The average molecular weight is 242 g/mol. The van der Waals surface area contributed by atoms with Crippen molar-refractivity contribution in [3.63, 3.8) is 0 Å². The molecule has 5 nitrogen and oxygen atoms in total. The second-order valence-corrected chi connectivity index (χ2v) is 3.83. The number of aliphatic hydroxyl groups is 1. The Bertz CT molecular complexity index is 398. The van der Waals surface area contributed by atoms with Gasteiger partial charge in [-0.15, -0.1) is 0 Å². The summed E-state index contributed by atoms with van der Waals surface area (Å²) in [5, 5.41) is 22.3. The highest BCUT2D eigenvalue weighted by atomic mass is 19.1. The van der Waals surface area contributed by atoms with E-state index in [-0.39, 0.29) is 24.0 Å². The van der Waals surface area contributed by atoms with Gasteiger partial charge in [0.1, 0.15) is 11.5 Å². The minimum atomic E-state index is -0.555. The number of nitro benzene ring substituents is 1. The van der Waals surface area contributed by atoms with Crippen molar-refractivity contribution in [3.8, 4) is 0 Å². The third kappa shape index (κ3) is 3.99. The van der Waals surface area contributed by atoms with E-state index in [4.69, 9.17) is 5.11 Å². The lowest BCUT2D eigenvalue weighted by Gasteiger charge is -2.14. The average Bonchev–Trinajstić information content (AvgIpc) is 2.26. The Balaban J connectivity index is 2.81. The summed E-state index contributed by atoms with van der Waals surface area (Å²) >= 11 is 0. The van der Waals surface area contributed by atoms with E-state index in [1.54, 1.807) is 0 Å². The molecule has 0 spiro atoms. The zero-order chi connectivity index (χ0) is 12.8. The summed E-state index contributed by atoms with van der Waals surface area (Å²) in [4.78, 5) is 10.2. The van der Waals surface area contributed by atoms with Gasteiger partial charge in [0.15, 0.2) is 0 Å². The maximum atomic E-state index is 13.0. The van der Waals surface area contributed by atoms with Crippen LogP contribution in [-0.4, -0.2) is 22.7 Å². The Kier molecular flexibility index (Phi) is 4.84. The highest BCUT2D eigenvalue weighted by Gasteiger charge is 2.15. The highest BCUT2D eigenvalue weighted by molar-refractivity contribution is 5.61. The standard InChI is InChI=1S/C11H15FN2O3/c1-8(3-2-6-15)13-10-7-9(12)4-5-11(10)14(16)17/h4-5,7-8,13,15H,2-3,6H2,1H3. The van der Waals surface area contributed by atoms with Crippen molar-refractivity contribution in [2.24, 2.45) is 0 Å². The molecule has 0 aliphatic rings. The number of anilines is 1. The molecule has 0 bridgehead atoms. The van der Waals surface area contributed by atoms with E-state index in [0.717, 1.165) is 18.2 Å². The summed E-state index contributed by atoms with van der Waals surface area (Å²) in [7, 11) is 0. The van der Waals surface area contributed by atoms with Crippen molar-refractivity contribution in [1.82, 2.24) is 0 Å². The maximum Gasteiger partial charge on any atom is 0.292 e. The van der Waals surface area contributed by atoms with Crippen molar-refractivity contribution >= 4 is 11.4 Å². The fourth-order valence-corrected chi connectivity index (χ4v) is 1.52. The number of hydrogen-bond donors (Lipinski definition) is 2. The van der Waals surface area contributed by atoms with Crippen LogP contribution in [0.2, 0.25) is 0 Å². The maximum absolute atomic E-state index is 13.0. The number of nitro groups is 1. The quantitative estimate of drug-likeness (QED) is 0.593. The van der Waals surface area contributed by atoms with E-state index in [9.17, 15) is 14.5 Å². The van der Waals surface area contributed by atoms with Crippen LogP contribution >= 0.6 is 0 Å². The van der Waals surface area contributed by atoms with Gasteiger partial charge in [0.2, 0.25) is 0 Å². The van der Waals surface area contributed by atoms with Crippen LogP contribution in [0.3, 0.4) is 0 Å². The zero-order valence-corrected chi connectivity index (χ0v) is 9.52. The van der Waals surface area contributed by atoms with Gasteiger partial charge in [0, 0.05) is 24.8 Å². The van der Waals surface area contributed by atoms with E-state index in [1.807, 2.05) is 6.92 Å². The van der Waals surface area contributed by atoms with Gasteiger partial charge in [-0.25, -0.2) is 4.39 Å². The molecule has 1 atom stereocenters. The van der Waals surface area contributed by atoms with Gasteiger partial charge in [-0.3, -0.25) is 10.1 Å². The Morgan fingerprint density at radius 3 is 2.88 bits per heavy atom. The van der Waals surface area contributed by atoms with E-state index in [0.29, 0.717) is 12.8 Å². The Hall–Kier alpha value is -1.69. The van der Waals surface area contributed by atoms with Crippen molar-refractivity contribution in [3.05, 3.63) is 34.1 Å². The first-order chi connectivity index (χ1) is 8.04. The van der Waals surface area contributed by atoms with Crippen molar-refractivity contribution in [1.29, 1.82) is 0 Å². The van der Waals surface area contributed by atoms with Crippen molar-refractivity contribution in [2.45, 2.75) is 25.8 Å². The fourth-order valence-electron chi connectivity index (χ4n) is 1.52. The molecule has 1 aromatic carbocycles. The Morgan fingerprint density at radius 2 is 2.29 bits per heavy atom. The molecule has 0 saturated heterocycles. The van der Waals surface area contributed by atoms with Gasteiger partial charge < -0.3 is 10.4 Å². The van der Waals surface area contributed by atoms with Gasteiger partial charge in [-0.1, -0.05) is 0 Å². The van der Waals surface area contributed by atoms with Crippen LogP contribution in [0.15, 0.2) is 18.2 Å². The number of nitrogens with one attached hydrogen (secondary N) is 1. The van der Waals surface area contributed by atoms with Crippen molar-refractivity contribution in [2.75, 3.05) is 11.9 Å². The summed E-state index contributed by atoms with van der Waals surface area (Å²) in [6, 6.07) is 3.23. The Labute approximate surface area is 98.4 Å². The van der Waals surface area contributed by atoms with Gasteiger partial charge >= 0.3 is 0 Å². The molecule has 0 aromatic heterocycles. The smallest absolute Gasteiger partial charge is 0.292 e. The molecule has 6 heteroatoms. The molecular weight excluding hydrogens is 227 g/mol. The predicted octanol–water partition coefficient (Wildman–Crippen LogP) is 2.31. The number of hydrogen-bond acceptors (Lipinski definition) is 4. The lowest BCUT2D eigenvalue weighted by molar-refractivity contribution is -0.384. The molecule has 0 aliphatic carbocycles. The van der Waals surface area contributed by atoms with Gasteiger partial charge in [-0.05, 0) is 25.8 Å². The molecule has 0 saturated carbocycles. The van der Waals surface area contributed by atoms with Crippen LogP contribution < -0.4 is 5.32 Å². The third-order valence-corrected chi connectivity index (χ3v) is 2.35. The minimum absolute atomic E-state index is 0.0667. The first-order valence-corrected chi connectivity index (χ1v) is 5.36. The molecule has 0 radical (unpaired) electrons. The number of rotatable bonds is 6. The fraction of sp³-hybridized carbons (Fsp3) is 0.455. The summed E-state index contributed by atoms with van der Waals surface area (Å²) in [6.45, 7) is 1.89. The van der Waals surface area contributed by atoms with Gasteiger partial charge in [0.25, 0.3) is 5.69 Å². The lowest BCUT2D eigenvalue weighted by atomic mass is 10.1. The molecular formula is C11H15FN2O3. The molecule has 0 aliphatic heterocycles. The molecule has 0 heterocycles. The number of nitrogens with zero attached hydrogens (tertiary/aromatic N) is 1. The minimum Gasteiger partial charge on any atom is -0.396 e. The third-order valence-electron chi connectivity index (χ3n) is 2.35. The molecule has 1 rings (SSSR count). The second-order valence-electron chi connectivity index (χ2n) is 3.83. The van der Waals surface area contributed by atoms with Crippen LogP contribution in [0, 0.1) is 15.9 Å². The topological polar surface area (TPSA) is 75.4 Å². The normalized spacial score (nSPS) is 12.2. The SMILES string of the molecule is CC(CCCO)Nc1cc(F)ccc1[N+](=O)[O-]. The monoisotopic (exact) mass is 242 g/mol. The Morgan fingerprint density at radius 1 is 1.59 bits per heavy atom. The molecule has 2 N–H and O–H groups in total. The van der Waals surface area contributed by atoms with E-state index in [2.05, 4.69) is 5.32 Å². The molecule has 1 aromatic rings. The van der Waals surface area contributed by atoms with Crippen LogP contribution in [0.5, 0.6) is 0 Å². The largest absolute Gasteiger partial charge is 0.396 e. The van der Waals surface area contributed by atoms with E-state index >= 15 is 0 Å². The predicted molar refractivity (Wildman–Crippen MR) is 62.5 cm³/mol. The highest BCUT2D eigenvalue weighted by Crippen LogP contribution is 2.26. The van der Waals surface area contributed by atoms with Gasteiger partial charge in [-0.2, -0.15) is 0 Å². The summed E-state index contributed by atoms with van der Waals surface area (Å²) in [6.07, 6.45) is 1.25. The van der Waals surface area contributed by atoms with E-state index < -0.39 is 10.7 Å². The number of aliphatic hydroxyl groups excluding tert-OH is 1. The van der Waals surface area contributed by atoms with Crippen molar-refractivity contribution < 1.29 is 14.4 Å². The summed E-state index contributed by atoms with van der Waals surface area (Å²) < 4.78 is 13.0. The van der Waals surface area contributed by atoms with E-state index in [1.165, 1.54) is 0 Å². The van der Waals surface area contributed by atoms with Crippen LogP contribution in [0.25, 0.3) is 0 Å². The van der Waals surface area contributed by atoms with Crippen LogP contribution in [0.4, 0.5) is 15.8 Å². The summed E-state index contributed by atoms with van der Waals surface area (Å²) in [5.41, 5.74) is 0.0164.